The van der Waals surface area contributed by atoms with E-state index in [4.69, 9.17) is 12.2 Å². The summed E-state index contributed by atoms with van der Waals surface area (Å²) in [6, 6.07) is 7.13. The number of nitrogens with one attached hydrogen (secondary N) is 4. The summed E-state index contributed by atoms with van der Waals surface area (Å²) in [6.07, 6.45) is 0. The highest BCUT2D eigenvalue weighted by atomic mass is 32.1. The van der Waals surface area contributed by atoms with E-state index < -0.39 is 11.8 Å². The number of likely N-dealkylation sites (N-methyl/N-ethyl adjacent to an activating group) is 1. The third-order valence-corrected chi connectivity index (χ3v) is 2.90. The number of carbonyl (C=O) groups excluding carboxylic acids is 2. The van der Waals surface area contributed by atoms with Crippen LogP contribution in [0.3, 0.4) is 0 Å². The molecular weight excluding hydrogens is 302 g/mol. The van der Waals surface area contributed by atoms with Crippen molar-refractivity contribution in [3.63, 3.8) is 0 Å². The molecule has 1 aromatic carbocycles. The number of rotatable bonds is 4. The van der Waals surface area contributed by atoms with Gasteiger partial charge in [-0.25, -0.2) is 0 Å². The average molecular weight is 323 g/mol. The van der Waals surface area contributed by atoms with Gasteiger partial charge in [-0.2, -0.15) is 0 Å². The second-order valence-electron chi connectivity index (χ2n) is 4.96. The standard InChI is InChI=1S/C14H21N5O2S/c1-10-4-6-11(7-5-10)16-12(20)13(21)17-18-14(22)15-8-9-19(2)3/h4-7H,8-9H2,1-3H3,(H,16,20)(H,17,21)(H2,15,18,22). The fourth-order valence-electron chi connectivity index (χ4n) is 1.43. The Balaban J connectivity index is 2.30. The molecule has 0 fully saturated rings. The van der Waals surface area contributed by atoms with Gasteiger partial charge in [0.05, 0.1) is 0 Å². The summed E-state index contributed by atoms with van der Waals surface area (Å²) < 4.78 is 0. The van der Waals surface area contributed by atoms with Crippen LogP contribution >= 0.6 is 12.2 Å². The molecule has 0 aliphatic carbocycles. The van der Waals surface area contributed by atoms with Crippen LogP contribution in [-0.4, -0.2) is 49.0 Å². The van der Waals surface area contributed by atoms with E-state index in [0.717, 1.165) is 12.1 Å². The summed E-state index contributed by atoms with van der Waals surface area (Å²) in [7, 11) is 3.88. The molecule has 1 rings (SSSR count). The normalized spacial score (nSPS) is 10.0. The molecule has 0 radical (unpaired) electrons. The van der Waals surface area contributed by atoms with E-state index in [2.05, 4.69) is 21.5 Å². The minimum atomic E-state index is -0.822. The number of carbonyl (C=O) groups is 2. The molecule has 8 heteroatoms. The summed E-state index contributed by atoms with van der Waals surface area (Å²) in [4.78, 5) is 25.3. The maximum Gasteiger partial charge on any atom is 0.328 e. The molecule has 0 aliphatic heterocycles. The third-order valence-electron chi connectivity index (χ3n) is 2.65. The Hall–Kier alpha value is -2.19. The zero-order valence-electron chi connectivity index (χ0n) is 12.9. The van der Waals surface area contributed by atoms with Gasteiger partial charge in [-0.15, -0.1) is 0 Å². The predicted molar refractivity (Wildman–Crippen MR) is 90.2 cm³/mol. The zero-order valence-corrected chi connectivity index (χ0v) is 13.7. The van der Waals surface area contributed by atoms with Crippen molar-refractivity contribution in [2.24, 2.45) is 0 Å². The Morgan fingerprint density at radius 3 is 2.32 bits per heavy atom. The van der Waals surface area contributed by atoms with Gasteiger partial charge in [0.1, 0.15) is 0 Å². The van der Waals surface area contributed by atoms with Crippen molar-refractivity contribution in [1.29, 1.82) is 0 Å². The molecule has 0 spiro atoms. The van der Waals surface area contributed by atoms with E-state index in [1.54, 1.807) is 12.1 Å². The van der Waals surface area contributed by atoms with Crippen LogP contribution < -0.4 is 21.5 Å². The number of benzene rings is 1. The molecule has 0 saturated carbocycles. The first-order valence-electron chi connectivity index (χ1n) is 6.75. The van der Waals surface area contributed by atoms with E-state index in [-0.39, 0.29) is 5.11 Å². The zero-order chi connectivity index (χ0) is 16.5. The molecule has 0 atom stereocenters. The van der Waals surface area contributed by atoms with Crippen molar-refractivity contribution in [2.75, 3.05) is 32.5 Å². The smallest absolute Gasteiger partial charge is 0.328 e. The number of thiocarbonyl (C=S) groups is 1. The first kappa shape index (κ1) is 17.9. The molecule has 0 saturated heterocycles. The van der Waals surface area contributed by atoms with Gasteiger partial charge in [-0.05, 0) is 45.4 Å². The van der Waals surface area contributed by atoms with Crippen LogP contribution in [0.15, 0.2) is 24.3 Å². The quantitative estimate of drug-likeness (QED) is 0.354. The molecule has 0 aromatic heterocycles. The van der Waals surface area contributed by atoms with E-state index in [9.17, 15) is 9.59 Å². The average Bonchev–Trinajstić information content (AvgIpc) is 2.46. The Labute approximate surface area is 135 Å². The second kappa shape index (κ2) is 8.96. The van der Waals surface area contributed by atoms with E-state index >= 15 is 0 Å². The fourth-order valence-corrected chi connectivity index (χ4v) is 1.59. The SMILES string of the molecule is Cc1ccc(NC(=O)C(=O)NNC(=S)NCCN(C)C)cc1. The first-order valence-corrected chi connectivity index (χ1v) is 7.16. The fraction of sp³-hybridized carbons (Fsp3) is 0.357. The minimum Gasteiger partial charge on any atom is -0.360 e. The summed E-state index contributed by atoms with van der Waals surface area (Å²) in [5.41, 5.74) is 6.33. The largest absolute Gasteiger partial charge is 0.360 e. The molecule has 0 unspecified atom stereocenters. The van der Waals surface area contributed by atoms with Gasteiger partial charge >= 0.3 is 11.8 Å². The molecule has 4 N–H and O–H groups in total. The molecule has 2 amide bonds. The molecule has 7 nitrogen and oxygen atoms in total. The minimum absolute atomic E-state index is 0.248. The molecule has 0 bridgehead atoms. The van der Waals surface area contributed by atoms with Crippen molar-refractivity contribution in [1.82, 2.24) is 21.1 Å². The van der Waals surface area contributed by atoms with Gasteiger partial charge < -0.3 is 15.5 Å². The lowest BCUT2D eigenvalue weighted by Gasteiger charge is -2.13. The van der Waals surface area contributed by atoms with Crippen molar-refractivity contribution < 1.29 is 9.59 Å². The van der Waals surface area contributed by atoms with Gasteiger partial charge in [-0.3, -0.25) is 20.4 Å². The third kappa shape index (κ3) is 7.00. The number of hydrogen-bond acceptors (Lipinski definition) is 4. The summed E-state index contributed by atoms with van der Waals surface area (Å²) in [5.74, 6) is -1.59. The highest BCUT2D eigenvalue weighted by molar-refractivity contribution is 7.80. The maximum atomic E-state index is 11.7. The van der Waals surface area contributed by atoms with Crippen molar-refractivity contribution >= 4 is 34.8 Å². The van der Waals surface area contributed by atoms with E-state index in [0.29, 0.717) is 12.2 Å². The molecular formula is C14H21N5O2S. The Morgan fingerprint density at radius 1 is 1.09 bits per heavy atom. The second-order valence-corrected chi connectivity index (χ2v) is 5.37. The number of nitrogens with zero attached hydrogens (tertiary/aromatic N) is 1. The Kier molecular flexibility index (Phi) is 7.27. The van der Waals surface area contributed by atoms with Crippen LogP contribution in [0.5, 0.6) is 0 Å². The first-order chi connectivity index (χ1) is 10.4. The summed E-state index contributed by atoms with van der Waals surface area (Å²) >= 11 is 4.97. The maximum absolute atomic E-state index is 11.7. The Morgan fingerprint density at radius 2 is 1.73 bits per heavy atom. The number of hydrogen-bond donors (Lipinski definition) is 4. The monoisotopic (exact) mass is 323 g/mol. The lowest BCUT2D eigenvalue weighted by molar-refractivity contribution is -0.136. The molecule has 1 aromatic rings. The summed E-state index contributed by atoms with van der Waals surface area (Å²) in [5, 5.41) is 5.63. The van der Waals surface area contributed by atoms with Crippen molar-refractivity contribution in [3.05, 3.63) is 29.8 Å². The number of hydrazine groups is 1. The number of aryl methyl sites for hydroxylation is 1. The molecule has 0 aliphatic rings. The van der Waals surface area contributed by atoms with Crippen LogP contribution in [0, 0.1) is 6.92 Å². The highest BCUT2D eigenvalue weighted by Gasteiger charge is 2.13. The van der Waals surface area contributed by atoms with Gasteiger partial charge in [0.15, 0.2) is 5.11 Å². The van der Waals surface area contributed by atoms with E-state index in [1.807, 2.05) is 38.1 Å². The highest BCUT2D eigenvalue weighted by Crippen LogP contribution is 2.07. The van der Waals surface area contributed by atoms with Gasteiger partial charge in [0, 0.05) is 18.8 Å². The topological polar surface area (TPSA) is 85.5 Å². The Bertz CT molecular complexity index is 531. The lowest BCUT2D eigenvalue weighted by atomic mass is 10.2. The molecule has 120 valence electrons. The summed E-state index contributed by atoms with van der Waals surface area (Å²) in [6.45, 7) is 3.36. The van der Waals surface area contributed by atoms with Crippen LogP contribution in [0.4, 0.5) is 5.69 Å². The number of amides is 2. The van der Waals surface area contributed by atoms with Crippen molar-refractivity contribution in [3.8, 4) is 0 Å². The van der Waals surface area contributed by atoms with E-state index in [1.165, 1.54) is 0 Å². The van der Waals surface area contributed by atoms with Crippen LogP contribution in [0.1, 0.15) is 5.56 Å². The van der Waals surface area contributed by atoms with Gasteiger partial charge in [-0.1, -0.05) is 17.7 Å². The van der Waals surface area contributed by atoms with Gasteiger partial charge in [0.2, 0.25) is 0 Å². The van der Waals surface area contributed by atoms with Crippen molar-refractivity contribution in [2.45, 2.75) is 6.92 Å². The van der Waals surface area contributed by atoms with Crippen LogP contribution in [0.2, 0.25) is 0 Å². The lowest BCUT2D eigenvalue weighted by Crippen LogP contribution is -2.50. The predicted octanol–water partition coefficient (Wildman–Crippen LogP) is -0.00958. The van der Waals surface area contributed by atoms with Crippen LogP contribution in [0.25, 0.3) is 0 Å². The van der Waals surface area contributed by atoms with Gasteiger partial charge in [0.25, 0.3) is 0 Å². The molecule has 22 heavy (non-hydrogen) atoms. The van der Waals surface area contributed by atoms with Crippen LogP contribution in [-0.2, 0) is 9.59 Å². The number of anilines is 1. The molecule has 0 heterocycles.